The van der Waals surface area contributed by atoms with E-state index in [4.69, 9.17) is 4.42 Å². The van der Waals surface area contributed by atoms with Gasteiger partial charge in [0, 0.05) is 12.8 Å². The van der Waals surface area contributed by atoms with Crippen LogP contribution in [0.3, 0.4) is 0 Å². The van der Waals surface area contributed by atoms with Crippen molar-refractivity contribution in [3.63, 3.8) is 0 Å². The lowest BCUT2D eigenvalue weighted by atomic mass is 9.96. The van der Waals surface area contributed by atoms with Crippen LogP contribution in [0.4, 0.5) is 0 Å². The Balaban J connectivity index is 1.68. The van der Waals surface area contributed by atoms with E-state index in [0.29, 0.717) is 0 Å². The molecule has 0 radical (unpaired) electrons. The molecule has 1 aliphatic carbocycles. The van der Waals surface area contributed by atoms with Gasteiger partial charge in [-0.2, -0.15) is 0 Å². The minimum atomic E-state index is 0.824. The molecule has 1 heterocycles. The fraction of sp³-hybridized carbons (Fsp3) is 0.824. The van der Waals surface area contributed by atoms with E-state index in [-0.39, 0.29) is 0 Å². The molecule has 20 heavy (non-hydrogen) atoms. The lowest BCUT2D eigenvalue weighted by Crippen LogP contribution is -2.16. The van der Waals surface area contributed by atoms with Crippen LogP contribution in [0.2, 0.25) is 0 Å². The molecule has 1 N–H and O–H groups in total. The van der Waals surface area contributed by atoms with Gasteiger partial charge < -0.3 is 9.73 Å². The largest absolute Gasteiger partial charge is 0.446 e. The van der Waals surface area contributed by atoms with Crippen LogP contribution in [-0.4, -0.2) is 18.1 Å². The Labute approximate surface area is 123 Å². The first-order chi connectivity index (χ1) is 9.88. The summed E-state index contributed by atoms with van der Waals surface area (Å²) >= 11 is 0. The summed E-state index contributed by atoms with van der Waals surface area (Å²) in [4.78, 5) is 4.43. The average Bonchev–Trinajstić information content (AvgIpc) is 2.73. The fourth-order valence-corrected chi connectivity index (χ4v) is 3.08. The number of aromatic nitrogens is 1. The van der Waals surface area contributed by atoms with Crippen LogP contribution in [0.15, 0.2) is 10.6 Å². The van der Waals surface area contributed by atoms with E-state index in [0.717, 1.165) is 49.9 Å². The summed E-state index contributed by atoms with van der Waals surface area (Å²) in [5.74, 6) is 2.85. The number of hydrogen-bond acceptors (Lipinski definition) is 3. The first kappa shape index (κ1) is 15.6. The summed E-state index contributed by atoms with van der Waals surface area (Å²) in [6.45, 7) is 4.37. The molecule has 0 aromatic carbocycles. The molecule has 0 spiro atoms. The molecule has 1 aliphatic rings. The number of rotatable bonds is 8. The highest BCUT2D eigenvalue weighted by Gasteiger charge is 2.15. The maximum absolute atomic E-state index is 5.89. The summed E-state index contributed by atoms with van der Waals surface area (Å²) in [6, 6.07) is 0. The third-order valence-corrected chi connectivity index (χ3v) is 4.24. The molecule has 0 aliphatic heterocycles. The average molecular weight is 278 g/mol. The van der Waals surface area contributed by atoms with Gasteiger partial charge in [0.2, 0.25) is 0 Å². The van der Waals surface area contributed by atoms with Crippen LogP contribution in [0.1, 0.15) is 69.9 Å². The molecule has 114 valence electrons. The van der Waals surface area contributed by atoms with E-state index < -0.39 is 0 Å². The monoisotopic (exact) mass is 278 g/mol. The highest BCUT2D eigenvalue weighted by Crippen LogP contribution is 2.26. The van der Waals surface area contributed by atoms with Gasteiger partial charge in [-0.25, -0.2) is 4.98 Å². The third-order valence-electron chi connectivity index (χ3n) is 4.24. The normalized spacial score (nSPS) is 17.2. The first-order valence-corrected chi connectivity index (χ1v) is 8.52. The maximum atomic E-state index is 5.89. The molecule has 1 saturated carbocycles. The van der Waals surface area contributed by atoms with Gasteiger partial charge in [-0.1, -0.05) is 45.4 Å². The van der Waals surface area contributed by atoms with Gasteiger partial charge in [0.1, 0.15) is 5.76 Å². The quantitative estimate of drug-likeness (QED) is 0.574. The van der Waals surface area contributed by atoms with Crippen molar-refractivity contribution in [2.75, 3.05) is 13.1 Å². The molecule has 0 atom stereocenters. The molecule has 0 bridgehead atoms. The topological polar surface area (TPSA) is 38.1 Å². The summed E-state index contributed by atoms with van der Waals surface area (Å²) in [5.41, 5.74) is 0. The zero-order valence-electron chi connectivity index (χ0n) is 13.0. The summed E-state index contributed by atoms with van der Waals surface area (Å²) in [6.07, 6.45) is 14.7. The second kappa shape index (κ2) is 9.17. The molecule has 3 heteroatoms. The Morgan fingerprint density at radius 2 is 2.00 bits per heavy atom. The second-order valence-electron chi connectivity index (χ2n) is 6.14. The van der Waals surface area contributed by atoms with E-state index in [9.17, 15) is 0 Å². The molecule has 0 amide bonds. The summed E-state index contributed by atoms with van der Waals surface area (Å²) in [7, 11) is 0. The van der Waals surface area contributed by atoms with Crippen molar-refractivity contribution in [2.45, 2.75) is 71.1 Å². The predicted molar refractivity (Wildman–Crippen MR) is 82.9 cm³/mol. The lowest BCUT2D eigenvalue weighted by Gasteiger charge is -2.11. The van der Waals surface area contributed by atoms with Crippen molar-refractivity contribution in [3.05, 3.63) is 17.8 Å². The Morgan fingerprint density at radius 1 is 1.20 bits per heavy atom. The third kappa shape index (κ3) is 5.66. The van der Waals surface area contributed by atoms with Crippen LogP contribution in [0.25, 0.3) is 0 Å². The van der Waals surface area contributed by atoms with Crippen molar-refractivity contribution in [2.24, 2.45) is 5.92 Å². The minimum Gasteiger partial charge on any atom is -0.446 e. The highest BCUT2D eigenvalue weighted by molar-refractivity contribution is 4.96. The highest BCUT2D eigenvalue weighted by atomic mass is 16.4. The van der Waals surface area contributed by atoms with E-state index >= 15 is 0 Å². The summed E-state index contributed by atoms with van der Waals surface area (Å²) in [5, 5.41) is 3.42. The molecule has 0 unspecified atom stereocenters. The van der Waals surface area contributed by atoms with Gasteiger partial charge >= 0.3 is 0 Å². The van der Waals surface area contributed by atoms with Gasteiger partial charge in [0.15, 0.2) is 5.89 Å². The second-order valence-corrected chi connectivity index (χ2v) is 6.14. The molecule has 1 aromatic heterocycles. The minimum absolute atomic E-state index is 0.824. The van der Waals surface area contributed by atoms with Crippen molar-refractivity contribution >= 4 is 0 Å². The van der Waals surface area contributed by atoms with Crippen LogP contribution in [-0.2, 0) is 12.8 Å². The SMILES string of the molecule is CCCNCCCc1ncc(CC2CCCCCC2)o1. The summed E-state index contributed by atoms with van der Waals surface area (Å²) < 4.78 is 5.89. The van der Waals surface area contributed by atoms with E-state index in [1.54, 1.807) is 0 Å². The number of oxazole rings is 1. The maximum Gasteiger partial charge on any atom is 0.194 e. The molecular formula is C17H30N2O. The van der Waals surface area contributed by atoms with Gasteiger partial charge in [0.25, 0.3) is 0 Å². The van der Waals surface area contributed by atoms with E-state index in [1.807, 2.05) is 6.20 Å². The molecule has 1 aromatic rings. The van der Waals surface area contributed by atoms with Crippen LogP contribution >= 0.6 is 0 Å². The lowest BCUT2D eigenvalue weighted by molar-refractivity contribution is 0.384. The Kier molecular flexibility index (Phi) is 7.13. The van der Waals surface area contributed by atoms with Gasteiger partial charge in [-0.3, -0.25) is 0 Å². The van der Waals surface area contributed by atoms with Crippen LogP contribution in [0.5, 0.6) is 0 Å². The Bertz CT molecular complexity index is 354. The van der Waals surface area contributed by atoms with Gasteiger partial charge in [-0.15, -0.1) is 0 Å². The Morgan fingerprint density at radius 3 is 2.75 bits per heavy atom. The van der Waals surface area contributed by atoms with Crippen molar-refractivity contribution in [3.8, 4) is 0 Å². The number of nitrogens with one attached hydrogen (secondary N) is 1. The molecule has 0 saturated heterocycles. The fourth-order valence-electron chi connectivity index (χ4n) is 3.08. The van der Waals surface area contributed by atoms with E-state index in [1.165, 1.54) is 44.9 Å². The van der Waals surface area contributed by atoms with Crippen molar-refractivity contribution < 1.29 is 4.42 Å². The van der Waals surface area contributed by atoms with Crippen molar-refractivity contribution in [1.82, 2.24) is 10.3 Å². The molecular weight excluding hydrogens is 248 g/mol. The molecule has 3 nitrogen and oxygen atoms in total. The zero-order valence-corrected chi connectivity index (χ0v) is 13.0. The predicted octanol–water partition coefficient (Wildman–Crippen LogP) is 4.12. The van der Waals surface area contributed by atoms with Gasteiger partial charge in [-0.05, 0) is 31.8 Å². The van der Waals surface area contributed by atoms with Crippen LogP contribution in [0, 0.1) is 5.92 Å². The first-order valence-electron chi connectivity index (χ1n) is 8.52. The zero-order chi connectivity index (χ0) is 14.0. The van der Waals surface area contributed by atoms with Crippen LogP contribution < -0.4 is 5.32 Å². The van der Waals surface area contributed by atoms with Crippen molar-refractivity contribution in [1.29, 1.82) is 0 Å². The Hall–Kier alpha value is -0.830. The number of nitrogens with zero attached hydrogens (tertiary/aromatic N) is 1. The molecule has 2 rings (SSSR count). The number of aryl methyl sites for hydroxylation is 1. The van der Waals surface area contributed by atoms with E-state index in [2.05, 4.69) is 17.2 Å². The van der Waals surface area contributed by atoms with Gasteiger partial charge in [0.05, 0.1) is 6.20 Å². The molecule has 1 fully saturated rings. The standard InChI is InChI=1S/C17H30N2O/c1-2-11-18-12-7-10-17-19-14-16(20-17)13-15-8-5-3-4-6-9-15/h14-15,18H,2-13H2,1H3. The number of hydrogen-bond donors (Lipinski definition) is 1. The smallest absolute Gasteiger partial charge is 0.194 e.